The molecule has 7 rings (SSSR count). The molecule has 3 aliphatic carbocycles. The number of nitrogens with zero attached hydrogens (tertiary/aromatic N) is 1. The molecule has 1 unspecified atom stereocenters. The van der Waals surface area contributed by atoms with Gasteiger partial charge in [0.2, 0.25) is 0 Å². The summed E-state index contributed by atoms with van der Waals surface area (Å²) in [4.78, 5) is 16.2. The Morgan fingerprint density at radius 2 is 2.00 bits per heavy atom. The first-order chi connectivity index (χ1) is 21.6. The summed E-state index contributed by atoms with van der Waals surface area (Å²) in [6.07, 6.45) is 13.6. The quantitative estimate of drug-likeness (QED) is 0.279. The summed E-state index contributed by atoms with van der Waals surface area (Å²) in [5.41, 5.74) is 3.73. The number of nitrogens with one attached hydrogen (secondary N) is 1. The predicted octanol–water partition coefficient (Wildman–Crippen LogP) is 6.72. The maximum absolute atomic E-state index is 14.2. The van der Waals surface area contributed by atoms with Crippen LogP contribution in [0.15, 0.2) is 48.6 Å². The second-order valence-corrected chi connectivity index (χ2v) is 17.3. The van der Waals surface area contributed by atoms with Gasteiger partial charge in [0.05, 0.1) is 28.1 Å². The van der Waals surface area contributed by atoms with Crippen LogP contribution in [0.3, 0.4) is 0 Å². The summed E-state index contributed by atoms with van der Waals surface area (Å²) < 4.78 is 23.8. The second-order valence-electron chi connectivity index (χ2n) is 14.6. The third-order valence-electron chi connectivity index (χ3n) is 11.7. The van der Waals surface area contributed by atoms with E-state index in [2.05, 4.69) is 40.6 Å². The standard InChI is InChI=1S/C37H47ClN2O4S/c1-24-6-3-10-33(41)30-14-11-28(30)21-40-22-37(17-5-9-26-19-29(38)13-15-31(26)37)23-44-34-16-12-27(20-32(34)40)36(42)39-45(2,43)35(24)18-25-7-4-8-25/h3,10,12-13,15-16,19-20,24-25,28,30,33,35,41H,2,4-9,11,14,17-18,21-23H2,1H3,(H,39,42,43)/b10-3+/t24-,28+,30-,33+,35-,37+,45?/m1/s1. The number of aliphatic hydroxyl groups excluding tert-OH is 1. The molecule has 2 aliphatic heterocycles. The number of carbonyl (C=O) groups excluding carboxylic acids is 1. The van der Waals surface area contributed by atoms with Crippen LogP contribution >= 0.6 is 11.6 Å². The van der Waals surface area contributed by atoms with E-state index in [1.807, 2.05) is 24.3 Å². The van der Waals surface area contributed by atoms with E-state index in [0.717, 1.165) is 80.9 Å². The van der Waals surface area contributed by atoms with Gasteiger partial charge < -0.3 is 14.7 Å². The van der Waals surface area contributed by atoms with E-state index in [9.17, 15) is 14.1 Å². The highest BCUT2D eigenvalue weighted by Gasteiger charge is 2.44. The van der Waals surface area contributed by atoms with Crippen molar-refractivity contribution in [2.75, 3.05) is 24.6 Å². The third kappa shape index (κ3) is 6.05. The first-order valence-electron chi connectivity index (χ1n) is 17.0. The molecule has 6 nitrogen and oxygen atoms in total. The van der Waals surface area contributed by atoms with E-state index in [0.29, 0.717) is 30.4 Å². The number of carbonyl (C=O) groups is 1. The lowest BCUT2D eigenvalue weighted by Gasteiger charge is -2.45. The SMILES string of the molecule is C=S1(=O)NC(=O)c2ccc3c(c2)N(C[C@@H]2CC[C@H]2[C@@H](O)/C=C/C[C@@H](C)[C@H]1CC1CCC1)C[C@@]1(CCCc2cc(Cl)ccc21)CO3. The summed E-state index contributed by atoms with van der Waals surface area (Å²) in [5.74, 6) is 5.66. The van der Waals surface area contributed by atoms with Crippen molar-refractivity contribution >= 4 is 38.8 Å². The molecule has 0 saturated heterocycles. The number of anilines is 1. The number of allylic oxidation sites excluding steroid dienone is 1. The minimum absolute atomic E-state index is 0.0600. The molecule has 242 valence electrons. The Labute approximate surface area is 273 Å². The highest BCUT2D eigenvalue weighted by atomic mass is 35.5. The molecule has 7 atom stereocenters. The van der Waals surface area contributed by atoms with Crippen molar-refractivity contribution < 1.29 is 18.8 Å². The van der Waals surface area contributed by atoms with Crippen molar-refractivity contribution in [3.8, 4) is 5.75 Å². The van der Waals surface area contributed by atoms with Crippen LogP contribution in [-0.4, -0.2) is 52.1 Å². The van der Waals surface area contributed by atoms with Gasteiger partial charge in [-0.2, -0.15) is 0 Å². The minimum Gasteiger partial charge on any atom is -0.490 e. The van der Waals surface area contributed by atoms with E-state index in [4.69, 9.17) is 16.3 Å². The van der Waals surface area contributed by atoms with Gasteiger partial charge in [-0.15, -0.1) is 0 Å². The fraction of sp³-hybridized carbons (Fsp3) is 0.568. The summed E-state index contributed by atoms with van der Waals surface area (Å²) in [6, 6.07) is 11.9. The Kier molecular flexibility index (Phi) is 8.49. The molecule has 2 aromatic rings. The molecular formula is C37H47ClN2O4S. The molecule has 0 aromatic heterocycles. The van der Waals surface area contributed by atoms with Crippen molar-refractivity contribution in [2.24, 2.45) is 23.7 Å². The van der Waals surface area contributed by atoms with E-state index >= 15 is 0 Å². The van der Waals surface area contributed by atoms with Gasteiger partial charge in [0.15, 0.2) is 0 Å². The maximum Gasteiger partial charge on any atom is 0.262 e. The van der Waals surface area contributed by atoms with Crippen LogP contribution in [-0.2, 0) is 21.5 Å². The van der Waals surface area contributed by atoms with E-state index in [1.165, 1.54) is 17.5 Å². The summed E-state index contributed by atoms with van der Waals surface area (Å²) in [6.45, 7) is 4.18. The fourth-order valence-electron chi connectivity index (χ4n) is 8.65. The zero-order chi connectivity index (χ0) is 31.3. The zero-order valence-corrected chi connectivity index (χ0v) is 28.0. The summed E-state index contributed by atoms with van der Waals surface area (Å²) in [7, 11) is -2.94. The van der Waals surface area contributed by atoms with Crippen LogP contribution in [0.25, 0.3) is 0 Å². The largest absolute Gasteiger partial charge is 0.490 e. The molecule has 2 fully saturated rings. The van der Waals surface area contributed by atoms with Crippen molar-refractivity contribution in [3.05, 3.63) is 70.3 Å². The van der Waals surface area contributed by atoms with Crippen molar-refractivity contribution in [2.45, 2.75) is 87.9 Å². The topological polar surface area (TPSA) is 78.9 Å². The lowest BCUT2D eigenvalue weighted by atomic mass is 9.68. The predicted molar refractivity (Wildman–Crippen MR) is 184 cm³/mol. The Hall–Kier alpha value is -2.48. The monoisotopic (exact) mass is 650 g/mol. The van der Waals surface area contributed by atoms with Crippen LogP contribution in [0.4, 0.5) is 5.69 Å². The molecule has 2 heterocycles. The van der Waals surface area contributed by atoms with Gasteiger partial charge in [-0.05, 0) is 116 Å². The van der Waals surface area contributed by atoms with E-state index in [1.54, 1.807) is 6.07 Å². The number of hydrogen-bond donors (Lipinski definition) is 2. The van der Waals surface area contributed by atoms with Gasteiger partial charge in [0, 0.05) is 34.3 Å². The highest BCUT2D eigenvalue weighted by molar-refractivity contribution is 7.99. The van der Waals surface area contributed by atoms with Gasteiger partial charge in [-0.1, -0.05) is 56.0 Å². The number of rotatable bonds is 2. The highest BCUT2D eigenvalue weighted by Crippen LogP contribution is 2.47. The first kappa shape index (κ1) is 31.1. The van der Waals surface area contributed by atoms with E-state index < -0.39 is 15.8 Å². The van der Waals surface area contributed by atoms with Crippen LogP contribution in [0.5, 0.6) is 5.75 Å². The van der Waals surface area contributed by atoms with Gasteiger partial charge in [0.1, 0.15) is 5.75 Å². The average Bonchev–Trinajstić information content (AvgIpc) is 3.10. The van der Waals surface area contributed by atoms with Crippen molar-refractivity contribution in [3.63, 3.8) is 0 Å². The lowest BCUT2D eigenvalue weighted by molar-refractivity contribution is 0.0455. The third-order valence-corrected chi connectivity index (χ3v) is 14.1. The normalized spacial score (nSPS) is 35.9. The van der Waals surface area contributed by atoms with Crippen molar-refractivity contribution in [1.29, 1.82) is 0 Å². The average molecular weight is 651 g/mol. The first-order valence-corrected chi connectivity index (χ1v) is 19.1. The number of ether oxygens (including phenoxy) is 1. The Balaban J connectivity index is 1.27. The Morgan fingerprint density at radius 1 is 1.16 bits per heavy atom. The molecule has 2 aromatic carbocycles. The van der Waals surface area contributed by atoms with Gasteiger partial charge >= 0.3 is 0 Å². The number of fused-ring (bicyclic) bond motifs is 4. The second kappa shape index (κ2) is 12.3. The summed E-state index contributed by atoms with van der Waals surface area (Å²) >= 11 is 6.43. The Bertz CT molecular complexity index is 1590. The van der Waals surface area contributed by atoms with Gasteiger partial charge in [-0.25, -0.2) is 4.21 Å². The minimum atomic E-state index is -2.94. The van der Waals surface area contributed by atoms with Crippen LogP contribution in [0, 0.1) is 23.7 Å². The maximum atomic E-state index is 14.2. The molecule has 2 N–H and O–H groups in total. The van der Waals surface area contributed by atoms with Crippen molar-refractivity contribution in [1.82, 2.24) is 4.72 Å². The molecule has 2 saturated carbocycles. The van der Waals surface area contributed by atoms with Gasteiger partial charge in [0.25, 0.3) is 5.91 Å². The molecule has 1 spiro atoms. The molecular weight excluding hydrogens is 604 g/mol. The number of amides is 1. The number of benzene rings is 2. The smallest absolute Gasteiger partial charge is 0.262 e. The number of aryl methyl sites for hydroxylation is 1. The van der Waals surface area contributed by atoms with Gasteiger partial charge in [-0.3, -0.25) is 9.52 Å². The van der Waals surface area contributed by atoms with Crippen LogP contribution in [0.1, 0.15) is 86.2 Å². The number of aliphatic hydroxyl groups is 1. The number of hydrogen-bond acceptors (Lipinski definition) is 5. The molecule has 8 heteroatoms. The zero-order valence-electron chi connectivity index (χ0n) is 26.4. The molecule has 45 heavy (non-hydrogen) atoms. The van der Waals surface area contributed by atoms with E-state index in [-0.39, 0.29) is 28.4 Å². The van der Waals surface area contributed by atoms with Crippen LogP contribution < -0.4 is 14.4 Å². The summed E-state index contributed by atoms with van der Waals surface area (Å²) in [5, 5.41) is 11.9. The molecule has 2 bridgehead atoms. The molecule has 1 amide bonds. The lowest BCUT2D eigenvalue weighted by Crippen LogP contribution is -2.49. The fourth-order valence-corrected chi connectivity index (χ4v) is 10.9. The number of halogens is 1. The molecule has 5 aliphatic rings. The molecule has 0 radical (unpaired) electrons. The van der Waals surface area contributed by atoms with Crippen LogP contribution in [0.2, 0.25) is 5.02 Å². The Morgan fingerprint density at radius 3 is 2.76 bits per heavy atom.